The minimum Gasteiger partial charge on any atom is -0.358 e. The summed E-state index contributed by atoms with van der Waals surface area (Å²) in [5, 5.41) is 3.98. The molecule has 24 heavy (non-hydrogen) atoms. The predicted molar refractivity (Wildman–Crippen MR) is 96.6 cm³/mol. The van der Waals surface area contributed by atoms with Gasteiger partial charge in [0.2, 0.25) is 5.91 Å². The molecule has 2 N–H and O–H groups in total. The van der Waals surface area contributed by atoms with E-state index in [0.29, 0.717) is 17.7 Å². The number of aryl methyl sites for hydroxylation is 2. The van der Waals surface area contributed by atoms with Crippen molar-refractivity contribution in [1.82, 2.24) is 4.98 Å². The lowest BCUT2D eigenvalue weighted by molar-refractivity contribution is -0.115. The van der Waals surface area contributed by atoms with Crippen LogP contribution in [-0.4, -0.2) is 16.7 Å². The summed E-state index contributed by atoms with van der Waals surface area (Å²) in [6.07, 6.45) is 0.309. The maximum absolute atomic E-state index is 12.4. The van der Waals surface area contributed by atoms with Gasteiger partial charge >= 0.3 is 0 Å². The van der Waals surface area contributed by atoms with E-state index in [1.807, 2.05) is 19.9 Å². The molecule has 2 aromatic carbocycles. The van der Waals surface area contributed by atoms with Crippen molar-refractivity contribution in [2.75, 3.05) is 5.32 Å². The van der Waals surface area contributed by atoms with Crippen molar-refractivity contribution in [3.8, 4) is 0 Å². The van der Waals surface area contributed by atoms with Gasteiger partial charge in [-0.3, -0.25) is 9.59 Å². The van der Waals surface area contributed by atoms with Gasteiger partial charge < -0.3 is 10.3 Å². The molecule has 0 bridgehead atoms. The van der Waals surface area contributed by atoms with Crippen LogP contribution in [0, 0.1) is 13.8 Å². The first-order valence-electron chi connectivity index (χ1n) is 7.92. The van der Waals surface area contributed by atoms with Crippen LogP contribution in [0.2, 0.25) is 0 Å². The summed E-state index contributed by atoms with van der Waals surface area (Å²) in [6.45, 7) is 5.55. The van der Waals surface area contributed by atoms with E-state index < -0.39 is 0 Å². The lowest BCUT2D eigenvalue weighted by atomic mass is 10.1. The average Bonchev–Trinajstić information content (AvgIpc) is 2.83. The number of hydrogen-bond acceptors (Lipinski definition) is 2. The number of benzene rings is 2. The Morgan fingerprint density at radius 3 is 2.42 bits per heavy atom. The van der Waals surface area contributed by atoms with E-state index in [9.17, 15) is 9.59 Å². The third-order valence-electron chi connectivity index (χ3n) is 4.19. The fourth-order valence-electron chi connectivity index (χ4n) is 2.88. The van der Waals surface area contributed by atoms with Gasteiger partial charge in [0.15, 0.2) is 5.78 Å². The zero-order valence-corrected chi connectivity index (χ0v) is 14.1. The minimum absolute atomic E-state index is 0.0117. The Labute approximate surface area is 140 Å². The van der Waals surface area contributed by atoms with Crippen LogP contribution in [0.4, 0.5) is 5.69 Å². The van der Waals surface area contributed by atoms with E-state index in [-0.39, 0.29) is 11.7 Å². The summed E-state index contributed by atoms with van der Waals surface area (Å²) in [5.41, 5.74) is 5.58. The Morgan fingerprint density at radius 2 is 1.75 bits per heavy atom. The number of fused-ring (bicyclic) bond motifs is 1. The van der Waals surface area contributed by atoms with Gasteiger partial charge in [0.1, 0.15) is 0 Å². The topological polar surface area (TPSA) is 62.0 Å². The fourth-order valence-corrected chi connectivity index (χ4v) is 2.88. The molecular weight excluding hydrogens is 300 g/mol. The number of rotatable bonds is 4. The number of ketones is 1. The standard InChI is InChI=1S/C20H20N2O2/c1-12-4-9-19-18(10-12)17(13(2)21-19)11-20(24)22-16-7-5-15(6-8-16)14(3)23/h4-10,21H,11H2,1-3H3,(H,22,24). The fraction of sp³-hybridized carbons (Fsp3) is 0.200. The monoisotopic (exact) mass is 320 g/mol. The highest BCUT2D eigenvalue weighted by Crippen LogP contribution is 2.24. The molecule has 1 heterocycles. The lowest BCUT2D eigenvalue weighted by Gasteiger charge is -2.06. The van der Waals surface area contributed by atoms with Crippen molar-refractivity contribution < 1.29 is 9.59 Å². The van der Waals surface area contributed by atoms with Gasteiger partial charge in [0.05, 0.1) is 6.42 Å². The van der Waals surface area contributed by atoms with Crippen molar-refractivity contribution in [1.29, 1.82) is 0 Å². The Hall–Kier alpha value is -2.88. The molecule has 0 saturated carbocycles. The molecule has 4 nitrogen and oxygen atoms in total. The summed E-state index contributed by atoms with van der Waals surface area (Å²) < 4.78 is 0. The highest BCUT2D eigenvalue weighted by molar-refractivity contribution is 5.98. The predicted octanol–water partition coefficient (Wildman–Crippen LogP) is 4.17. The number of carbonyl (C=O) groups excluding carboxylic acids is 2. The molecule has 0 spiro atoms. The van der Waals surface area contributed by atoms with Gasteiger partial charge in [0.25, 0.3) is 0 Å². The third kappa shape index (κ3) is 3.23. The first-order valence-corrected chi connectivity index (χ1v) is 7.92. The first-order chi connectivity index (χ1) is 11.4. The largest absolute Gasteiger partial charge is 0.358 e. The van der Waals surface area contributed by atoms with E-state index >= 15 is 0 Å². The van der Waals surface area contributed by atoms with Crippen molar-refractivity contribution in [3.05, 3.63) is 64.8 Å². The van der Waals surface area contributed by atoms with Crippen molar-refractivity contribution in [2.45, 2.75) is 27.2 Å². The van der Waals surface area contributed by atoms with Gasteiger partial charge in [-0.25, -0.2) is 0 Å². The molecule has 0 fully saturated rings. The number of amides is 1. The van der Waals surface area contributed by atoms with E-state index in [4.69, 9.17) is 0 Å². The highest BCUT2D eigenvalue weighted by Gasteiger charge is 2.13. The van der Waals surface area contributed by atoms with Gasteiger partial charge in [-0.15, -0.1) is 0 Å². The van der Waals surface area contributed by atoms with Crippen LogP contribution in [0.15, 0.2) is 42.5 Å². The number of carbonyl (C=O) groups is 2. The van der Waals surface area contributed by atoms with Crippen LogP contribution in [-0.2, 0) is 11.2 Å². The molecule has 3 aromatic rings. The number of hydrogen-bond donors (Lipinski definition) is 2. The van der Waals surface area contributed by atoms with Crippen molar-refractivity contribution in [2.24, 2.45) is 0 Å². The molecule has 4 heteroatoms. The van der Waals surface area contributed by atoms with Crippen LogP contribution in [0.25, 0.3) is 10.9 Å². The number of H-pyrrole nitrogens is 1. The zero-order valence-electron chi connectivity index (χ0n) is 14.1. The SMILES string of the molecule is CC(=O)c1ccc(NC(=O)Cc2c(C)[nH]c3ccc(C)cc23)cc1. The van der Waals surface area contributed by atoms with Crippen LogP contribution in [0.1, 0.15) is 34.1 Å². The second-order valence-corrected chi connectivity index (χ2v) is 6.14. The molecule has 3 rings (SSSR count). The van der Waals surface area contributed by atoms with Gasteiger partial charge in [-0.05, 0) is 62.7 Å². The maximum atomic E-state index is 12.4. The highest BCUT2D eigenvalue weighted by atomic mass is 16.1. The molecule has 0 radical (unpaired) electrons. The molecule has 0 aliphatic carbocycles. The zero-order chi connectivity index (χ0) is 17.3. The summed E-state index contributed by atoms with van der Waals surface area (Å²) in [5.74, 6) is -0.0613. The van der Waals surface area contributed by atoms with Crippen LogP contribution < -0.4 is 5.32 Å². The number of anilines is 1. The quantitative estimate of drug-likeness (QED) is 0.709. The molecule has 1 amide bonds. The van der Waals surface area contributed by atoms with Crippen LogP contribution >= 0.6 is 0 Å². The normalized spacial score (nSPS) is 10.8. The second-order valence-electron chi connectivity index (χ2n) is 6.14. The third-order valence-corrected chi connectivity index (χ3v) is 4.19. The Bertz CT molecular complexity index is 921. The number of nitrogens with one attached hydrogen (secondary N) is 2. The maximum Gasteiger partial charge on any atom is 0.228 e. The molecule has 0 aliphatic heterocycles. The first kappa shape index (κ1) is 16.0. The summed E-state index contributed by atoms with van der Waals surface area (Å²) in [6, 6.07) is 13.1. The van der Waals surface area contributed by atoms with E-state index in [2.05, 4.69) is 22.4 Å². The summed E-state index contributed by atoms with van der Waals surface area (Å²) in [4.78, 5) is 27.0. The average molecular weight is 320 g/mol. The molecule has 0 aliphatic rings. The van der Waals surface area contributed by atoms with E-state index in [1.54, 1.807) is 24.3 Å². The Morgan fingerprint density at radius 1 is 1.04 bits per heavy atom. The van der Waals surface area contributed by atoms with Crippen LogP contribution in [0.3, 0.4) is 0 Å². The van der Waals surface area contributed by atoms with Gasteiger partial charge in [0, 0.05) is 27.8 Å². The van der Waals surface area contributed by atoms with Crippen LogP contribution in [0.5, 0.6) is 0 Å². The Balaban J connectivity index is 1.78. The lowest BCUT2D eigenvalue weighted by Crippen LogP contribution is -2.14. The molecule has 0 unspecified atom stereocenters. The van der Waals surface area contributed by atoms with Crippen molar-refractivity contribution in [3.63, 3.8) is 0 Å². The molecular formula is C20H20N2O2. The molecule has 0 atom stereocenters. The number of aromatic amines is 1. The molecule has 1 aromatic heterocycles. The van der Waals surface area contributed by atoms with E-state index in [0.717, 1.165) is 22.2 Å². The Kier molecular flexibility index (Phi) is 4.21. The van der Waals surface area contributed by atoms with Crippen molar-refractivity contribution >= 4 is 28.3 Å². The second kappa shape index (κ2) is 6.32. The van der Waals surface area contributed by atoms with Gasteiger partial charge in [-0.2, -0.15) is 0 Å². The van der Waals surface area contributed by atoms with Gasteiger partial charge in [-0.1, -0.05) is 11.6 Å². The molecule has 122 valence electrons. The smallest absolute Gasteiger partial charge is 0.228 e. The number of Topliss-reactive ketones (excluding diaryl/α,β-unsaturated/α-hetero) is 1. The molecule has 0 saturated heterocycles. The summed E-state index contributed by atoms with van der Waals surface area (Å²) >= 11 is 0. The summed E-state index contributed by atoms with van der Waals surface area (Å²) in [7, 11) is 0. The van der Waals surface area contributed by atoms with E-state index in [1.165, 1.54) is 12.5 Å². The number of aromatic nitrogens is 1. The minimum atomic E-state index is -0.0731.